The van der Waals surface area contributed by atoms with E-state index in [0.717, 1.165) is 5.56 Å². The number of nitrogen functional groups attached to an aromatic ring is 1. The topological polar surface area (TPSA) is 82.0 Å². The van der Waals surface area contributed by atoms with Crippen LogP contribution in [0, 0.1) is 0 Å². The minimum Gasteiger partial charge on any atom is -0.368 e. The maximum absolute atomic E-state index is 8.00. The number of hydrogen-bond acceptors (Lipinski definition) is 5. The Balaban J connectivity index is 0.000000461. The molecule has 0 aromatic carbocycles. The fourth-order valence-corrected chi connectivity index (χ4v) is 0.940. The van der Waals surface area contributed by atoms with E-state index in [2.05, 4.69) is 10.1 Å². The Hall–Kier alpha value is -2.17. The molecule has 0 unspecified atom stereocenters. The van der Waals surface area contributed by atoms with Crippen LogP contribution in [-0.4, -0.2) is 16.9 Å². The zero-order valence-corrected chi connectivity index (χ0v) is 7.38. The standard InChI is InChI=1S/C8H7N3O.CH2O/c9-8-4-7(11-12-8)6-2-1-3-10-5-6;1-2/h1-5H,9H2;1H2. The first-order valence-electron chi connectivity index (χ1n) is 3.78. The van der Waals surface area contributed by atoms with Gasteiger partial charge < -0.3 is 15.1 Å². The van der Waals surface area contributed by atoms with E-state index < -0.39 is 0 Å². The first-order valence-corrected chi connectivity index (χ1v) is 3.78. The van der Waals surface area contributed by atoms with Gasteiger partial charge in [0.1, 0.15) is 12.5 Å². The van der Waals surface area contributed by atoms with Gasteiger partial charge in [-0.15, -0.1) is 0 Å². The van der Waals surface area contributed by atoms with Crippen molar-refractivity contribution >= 4 is 12.7 Å². The molecule has 5 heteroatoms. The van der Waals surface area contributed by atoms with E-state index in [1.165, 1.54) is 0 Å². The summed E-state index contributed by atoms with van der Waals surface area (Å²) in [6.07, 6.45) is 3.41. The number of nitrogens with zero attached hydrogens (tertiary/aromatic N) is 2. The van der Waals surface area contributed by atoms with Crippen molar-refractivity contribution in [1.29, 1.82) is 0 Å². The van der Waals surface area contributed by atoms with Crippen molar-refractivity contribution in [1.82, 2.24) is 10.1 Å². The van der Waals surface area contributed by atoms with Gasteiger partial charge in [0.05, 0.1) is 0 Å². The van der Waals surface area contributed by atoms with Crippen molar-refractivity contribution < 1.29 is 9.32 Å². The summed E-state index contributed by atoms with van der Waals surface area (Å²) in [6.45, 7) is 2.00. The summed E-state index contributed by atoms with van der Waals surface area (Å²) in [6, 6.07) is 5.39. The van der Waals surface area contributed by atoms with Crippen LogP contribution in [-0.2, 0) is 4.79 Å². The molecule has 0 bridgehead atoms. The highest BCUT2D eigenvalue weighted by molar-refractivity contribution is 5.59. The largest absolute Gasteiger partial charge is 0.368 e. The van der Waals surface area contributed by atoms with Gasteiger partial charge in [-0.3, -0.25) is 4.98 Å². The number of carbonyl (C=O) groups is 1. The van der Waals surface area contributed by atoms with Gasteiger partial charge in [-0.05, 0) is 12.1 Å². The lowest BCUT2D eigenvalue weighted by Crippen LogP contribution is -1.78. The molecule has 0 aliphatic heterocycles. The molecule has 0 aliphatic carbocycles. The molecular weight excluding hydrogens is 182 g/mol. The van der Waals surface area contributed by atoms with Crippen molar-refractivity contribution in [3.63, 3.8) is 0 Å². The highest BCUT2D eigenvalue weighted by atomic mass is 16.5. The molecule has 0 saturated heterocycles. The molecule has 14 heavy (non-hydrogen) atoms. The average Bonchev–Trinajstić information content (AvgIpc) is 2.69. The van der Waals surface area contributed by atoms with Crippen molar-refractivity contribution in [3.05, 3.63) is 30.6 Å². The molecule has 0 saturated carbocycles. The van der Waals surface area contributed by atoms with Crippen LogP contribution in [0.1, 0.15) is 0 Å². The lowest BCUT2D eigenvalue weighted by Gasteiger charge is -1.90. The number of carbonyl (C=O) groups excluding carboxylic acids is 1. The number of pyridine rings is 1. The molecule has 0 amide bonds. The molecule has 0 aliphatic rings. The monoisotopic (exact) mass is 191 g/mol. The Morgan fingerprint density at radius 2 is 2.21 bits per heavy atom. The molecule has 0 spiro atoms. The number of aromatic nitrogens is 2. The maximum atomic E-state index is 8.00. The fraction of sp³-hybridized carbons (Fsp3) is 0. The van der Waals surface area contributed by atoms with E-state index in [4.69, 9.17) is 15.1 Å². The number of rotatable bonds is 1. The Kier molecular flexibility index (Phi) is 3.37. The van der Waals surface area contributed by atoms with Crippen LogP contribution >= 0.6 is 0 Å². The minimum atomic E-state index is 0.314. The van der Waals surface area contributed by atoms with Crippen LogP contribution in [0.5, 0.6) is 0 Å². The predicted octanol–water partition coefficient (Wildman–Crippen LogP) is 1.13. The molecular formula is C9H9N3O2. The van der Waals surface area contributed by atoms with Crippen molar-refractivity contribution in [3.8, 4) is 11.3 Å². The molecule has 2 aromatic heterocycles. The third-order valence-corrected chi connectivity index (χ3v) is 1.49. The van der Waals surface area contributed by atoms with Gasteiger partial charge in [-0.2, -0.15) is 0 Å². The molecule has 0 atom stereocenters. The quantitative estimate of drug-likeness (QED) is 0.730. The molecule has 2 heterocycles. The second-order valence-electron chi connectivity index (χ2n) is 2.36. The van der Waals surface area contributed by atoms with E-state index in [1.807, 2.05) is 18.9 Å². The van der Waals surface area contributed by atoms with Crippen molar-refractivity contribution in [2.75, 3.05) is 5.73 Å². The summed E-state index contributed by atoms with van der Waals surface area (Å²) in [4.78, 5) is 11.9. The molecule has 2 rings (SSSR count). The molecule has 5 nitrogen and oxygen atoms in total. The predicted molar refractivity (Wildman–Crippen MR) is 51.3 cm³/mol. The summed E-state index contributed by atoms with van der Waals surface area (Å²) in [5.41, 5.74) is 6.98. The Labute approximate surface area is 80.5 Å². The average molecular weight is 191 g/mol. The van der Waals surface area contributed by atoms with E-state index in [-0.39, 0.29) is 0 Å². The van der Waals surface area contributed by atoms with Crippen LogP contribution < -0.4 is 5.73 Å². The van der Waals surface area contributed by atoms with Gasteiger partial charge in [0, 0.05) is 24.0 Å². The van der Waals surface area contributed by atoms with Crippen LogP contribution in [0.2, 0.25) is 0 Å². The maximum Gasteiger partial charge on any atom is 0.222 e. The third kappa shape index (κ3) is 2.16. The highest BCUT2D eigenvalue weighted by Gasteiger charge is 2.02. The van der Waals surface area contributed by atoms with Crippen LogP contribution in [0.4, 0.5) is 5.88 Å². The number of nitrogens with two attached hydrogens (primary N) is 1. The third-order valence-electron chi connectivity index (χ3n) is 1.49. The highest BCUT2D eigenvalue weighted by Crippen LogP contribution is 2.17. The Morgan fingerprint density at radius 3 is 2.71 bits per heavy atom. The number of hydrogen-bond donors (Lipinski definition) is 1. The first-order chi connectivity index (χ1) is 6.86. The molecule has 0 radical (unpaired) electrons. The molecule has 0 fully saturated rings. The summed E-state index contributed by atoms with van der Waals surface area (Å²) >= 11 is 0. The lowest BCUT2D eigenvalue weighted by molar-refractivity contribution is -0.0979. The molecule has 2 N–H and O–H groups in total. The Bertz CT molecular complexity index is 386. The molecule has 2 aromatic rings. The zero-order valence-electron chi connectivity index (χ0n) is 7.38. The van der Waals surface area contributed by atoms with Crippen LogP contribution in [0.15, 0.2) is 35.1 Å². The Morgan fingerprint density at radius 1 is 1.43 bits per heavy atom. The summed E-state index contributed by atoms with van der Waals surface area (Å²) < 4.78 is 4.72. The van der Waals surface area contributed by atoms with E-state index in [9.17, 15) is 0 Å². The summed E-state index contributed by atoms with van der Waals surface area (Å²) in [5, 5.41) is 3.75. The fourth-order valence-electron chi connectivity index (χ4n) is 0.940. The van der Waals surface area contributed by atoms with Gasteiger partial charge >= 0.3 is 0 Å². The van der Waals surface area contributed by atoms with Gasteiger partial charge in [-0.25, -0.2) is 0 Å². The zero-order chi connectivity index (χ0) is 10.4. The summed E-state index contributed by atoms with van der Waals surface area (Å²) in [5.74, 6) is 0.314. The van der Waals surface area contributed by atoms with Gasteiger partial charge in [0.25, 0.3) is 0 Å². The minimum absolute atomic E-state index is 0.314. The van der Waals surface area contributed by atoms with Gasteiger partial charge in [0.2, 0.25) is 5.88 Å². The summed E-state index contributed by atoms with van der Waals surface area (Å²) in [7, 11) is 0. The normalized spacial score (nSPS) is 8.86. The van der Waals surface area contributed by atoms with Gasteiger partial charge in [-0.1, -0.05) is 5.16 Å². The van der Waals surface area contributed by atoms with Gasteiger partial charge in [0.15, 0.2) is 0 Å². The van der Waals surface area contributed by atoms with E-state index in [1.54, 1.807) is 18.5 Å². The number of anilines is 1. The van der Waals surface area contributed by atoms with Crippen molar-refractivity contribution in [2.24, 2.45) is 0 Å². The second-order valence-corrected chi connectivity index (χ2v) is 2.36. The van der Waals surface area contributed by atoms with Crippen LogP contribution in [0.3, 0.4) is 0 Å². The first kappa shape index (κ1) is 9.91. The SMILES string of the molecule is C=O.Nc1cc(-c2cccnc2)no1. The van der Waals surface area contributed by atoms with Crippen molar-refractivity contribution in [2.45, 2.75) is 0 Å². The van der Waals surface area contributed by atoms with E-state index in [0.29, 0.717) is 11.6 Å². The smallest absolute Gasteiger partial charge is 0.222 e. The molecule has 72 valence electrons. The van der Waals surface area contributed by atoms with E-state index >= 15 is 0 Å². The second kappa shape index (κ2) is 4.76. The van der Waals surface area contributed by atoms with Crippen LogP contribution in [0.25, 0.3) is 11.3 Å². The lowest BCUT2D eigenvalue weighted by atomic mass is 10.2.